The van der Waals surface area contributed by atoms with E-state index in [1.54, 1.807) is 11.8 Å². The molecule has 0 spiro atoms. The first-order valence-corrected chi connectivity index (χ1v) is 7.51. The van der Waals surface area contributed by atoms with Crippen molar-refractivity contribution in [2.75, 3.05) is 12.4 Å². The molecule has 0 fully saturated rings. The standard InChI is InChI=1S/C9H18OS2.H2S2/c1-7(2)5-10-9(11)12-6-8(3)4;1-2/h7-8H,5-6H2,1-4H3;1-2H. The largest absolute Gasteiger partial charge is 0.478 e. The van der Waals surface area contributed by atoms with Crippen molar-refractivity contribution < 1.29 is 4.74 Å². The Hall–Kier alpha value is 0.940. The summed E-state index contributed by atoms with van der Waals surface area (Å²) >= 11 is 13.1. The topological polar surface area (TPSA) is 9.23 Å². The Bertz CT molecular complexity index is 123. The predicted molar refractivity (Wildman–Crippen MR) is 78.7 cm³/mol. The molecule has 0 aliphatic heterocycles. The van der Waals surface area contributed by atoms with Crippen molar-refractivity contribution in [2.24, 2.45) is 11.8 Å². The van der Waals surface area contributed by atoms with Crippen LogP contribution in [0, 0.1) is 11.8 Å². The van der Waals surface area contributed by atoms with E-state index in [2.05, 4.69) is 51.0 Å². The van der Waals surface area contributed by atoms with Crippen molar-refractivity contribution in [3.63, 3.8) is 0 Å². The third kappa shape index (κ3) is 15.4. The number of ether oxygens (including phenoxy) is 1. The second-order valence-electron chi connectivity index (χ2n) is 3.66. The number of thiol groups is 2. The fraction of sp³-hybridized carbons (Fsp3) is 0.889. The molecule has 0 aromatic rings. The van der Waals surface area contributed by atoms with E-state index in [4.69, 9.17) is 17.0 Å². The Morgan fingerprint density at radius 2 is 1.71 bits per heavy atom. The fourth-order valence-corrected chi connectivity index (χ4v) is 1.40. The molecular formula is C9H20OS4. The minimum atomic E-state index is 0.558. The molecule has 0 unspecified atom stereocenters. The summed E-state index contributed by atoms with van der Waals surface area (Å²) in [5.41, 5.74) is 0. The van der Waals surface area contributed by atoms with Gasteiger partial charge < -0.3 is 4.74 Å². The van der Waals surface area contributed by atoms with Gasteiger partial charge in [-0.3, -0.25) is 0 Å². The van der Waals surface area contributed by atoms with E-state index in [9.17, 15) is 0 Å². The van der Waals surface area contributed by atoms with Gasteiger partial charge in [0.25, 0.3) is 0 Å². The zero-order valence-electron chi connectivity index (χ0n) is 9.19. The molecule has 0 aliphatic carbocycles. The lowest BCUT2D eigenvalue weighted by molar-refractivity contribution is 0.273. The Morgan fingerprint density at radius 3 is 2.07 bits per heavy atom. The molecule has 86 valence electrons. The maximum atomic E-state index is 5.35. The maximum Gasteiger partial charge on any atom is 0.219 e. The first kappa shape index (κ1) is 17.3. The second-order valence-corrected chi connectivity index (χ2v) is 5.28. The lowest BCUT2D eigenvalue weighted by Crippen LogP contribution is -2.06. The molecule has 0 N–H and O–H groups in total. The van der Waals surface area contributed by atoms with Crippen LogP contribution in [-0.4, -0.2) is 16.7 Å². The van der Waals surface area contributed by atoms with Crippen molar-refractivity contribution in [2.45, 2.75) is 27.7 Å². The lowest BCUT2D eigenvalue weighted by Gasteiger charge is -2.09. The first-order chi connectivity index (χ1) is 6.52. The molecule has 0 bridgehead atoms. The highest BCUT2D eigenvalue weighted by Crippen LogP contribution is 2.11. The zero-order chi connectivity index (χ0) is 11.6. The van der Waals surface area contributed by atoms with E-state index in [1.807, 2.05) is 0 Å². The molecule has 5 heteroatoms. The highest BCUT2D eigenvalue weighted by molar-refractivity contribution is 8.59. The lowest BCUT2D eigenvalue weighted by atomic mass is 10.2. The minimum Gasteiger partial charge on any atom is -0.478 e. The van der Waals surface area contributed by atoms with E-state index < -0.39 is 0 Å². The number of rotatable bonds is 4. The molecule has 1 nitrogen and oxygen atoms in total. The molecule has 0 radical (unpaired) electrons. The third-order valence-electron chi connectivity index (χ3n) is 1.07. The van der Waals surface area contributed by atoms with Gasteiger partial charge in [0.05, 0.1) is 6.61 Å². The van der Waals surface area contributed by atoms with Crippen molar-refractivity contribution in [1.82, 2.24) is 0 Å². The van der Waals surface area contributed by atoms with Crippen molar-refractivity contribution in [3.05, 3.63) is 0 Å². The maximum absolute atomic E-state index is 5.35. The highest BCUT2D eigenvalue weighted by atomic mass is 33.1. The molecule has 0 aliphatic rings. The van der Waals surface area contributed by atoms with Crippen LogP contribution < -0.4 is 0 Å². The Kier molecular flexibility index (Phi) is 14.9. The van der Waals surface area contributed by atoms with Crippen LogP contribution in [0.3, 0.4) is 0 Å². The van der Waals surface area contributed by atoms with Gasteiger partial charge >= 0.3 is 0 Å². The quantitative estimate of drug-likeness (QED) is 0.453. The van der Waals surface area contributed by atoms with Crippen molar-refractivity contribution in [1.29, 1.82) is 0 Å². The van der Waals surface area contributed by atoms with Crippen LogP contribution >= 0.6 is 47.3 Å². The predicted octanol–water partition coefficient (Wildman–Crippen LogP) is 4.09. The molecule has 0 heterocycles. The van der Waals surface area contributed by atoms with Gasteiger partial charge in [-0.2, -0.15) is 0 Å². The van der Waals surface area contributed by atoms with Crippen LogP contribution in [0.25, 0.3) is 0 Å². The van der Waals surface area contributed by atoms with Crippen LogP contribution in [-0.2, 0) is 4.74 Å². The Labute approximate surface area is 108 Å². The molecule has 0 atom stereocenters. The summed E-state index contributed by atoms with van der Waals surface area (Å²) in [6.07, 6.45) is 0. The normalized spacial score (nSPS) is 9.71. The summed E-state index contributed by atoms with van der Waals surface area (Å²) in [6, 6.07) is 0. The number of hydrogen-bond acceptors (Lipinski definition) is 5. The molecule has 0 saturated carbocycles. The Morgan fingerprint density at radius 1 is 1.21 bits per heavy atom. The van der Waals surface area contributed by atoms with E-state index >= 15 is 0 Å². The minimum absolute atomic E-state index is 0.558. The van der Waals surface area contributed by atoms with Crippen molar-refractivity contribution >= 4 is 51.7 Å². The van der Waals surface area contributed by atoms with Gasteiger partial charge in [0.1, 0.15) is 0 Å². The molecular weight excluding hydrogens is 252 g/mol. The molecule has 0 saturated heterocycles. The van der Waals surface area contributed by atoms with E-state index in [0.717, 1.165) is 12.4 Å². The number of thiocarbonyl (C=S) groups is 1. The third-order valence-corrected chi connectivity index (χ3v) is 2.73. The average Bonchev–Trinajstić information content (AvgIpc) is 2.14. The van der Waals surface area contributed by atoms with Gasteiger partial charge in [0.2, 0.25) is 4.38 Å². The molecule has 0 amide bonds. The summed E-state index contributed by atoms with van der Waals surface area (Å²) in [6.45, 7) is 9.34. The van der Waals surface area contributed by atoms with E-state index in [-0.39, 0.29) is 0 Å². The van der Waals surface area contributed by atoms with Crippen LogP contribution in [0.15, 0.2) is 0 Å². The van der Waals surface area contributed by atoms with Gasteiger partial charge in [-0.1, -0.05) is 39.5 Å². The van der Waals surface area contributed by atoms with Gasteiger partial charge in [-0.25, -0.2) is 0 Å². The van der Waals surface area contributed by atoms with Crippen LogP contribution in [0.4, 0.5) is 0 Å². The molecule has 14 heavy (non-hydrogen) atoms. The molecule has 0 aromatic heterocycles. The molecule has 0 rings (SSSR count). The fourth-order valence-electron chi connectivity index (χ4n) is 0.511. The number of hydrogen-bond donors (Lipinski definition) is 2. The van der Waals surface area contributed by atoms with Gasteiger partial charge in [-0.15, -0.1) is 23.3 Å². The molecule has 0 aromatic carbocycles. The highest BCUT2D eigenvalue weighted by Gasteiger charge is 2.02. The monoisotopic (exact) mass is 272 g/mol. The summed E-state index contributed by atoms with van der Waals surface area (Å²) in [5.74, 6) is 2.29. The van der Waals surface area contributed by atoms with Gasteiger partial charge in [0.15, 0.2) is 0 Å². The van der Waals surface area contributed by atoms with E-state index in [1.165, 1.54) is 0 Å². The average molecular weight is 273 g/mol. The van der Waals surface area contributed by atoms with E-state index in [0.29, 0.717) is 16.2 Å². The summed E-state index contributed by atoms with van der Waals surface area (Å²) in [7, 11) is 0. The zero-order valence-corrected chi connectivity index (χ0v) is 12.6. The SMILES string of the molecule is CC(C)COC(=S)SCC(C)C.SS. The first-order valence-electron chi connectivity index (χ1n) is 4.52. The van der Waals surface area contributed by atoms with Crippen LogP contribution in [0.2, 0.25) is 0 Å². The smallest absolute Gasteiger partial charge is 0.219 e. The Balaban J connectivity index is 0. The van der Waals surface area contributed by atoms with Crippen molar-refractivity contribution in [3.8, 4) is 0 Å². The summed E-state index contributed by atoms with van der Waals surface area (Å²) in [4.78, 5) is 0. The van der Waals surface area contributed by atoms with Crippen LogP contribution in [0.1, 0.15) is 27.7 Å². The van der Waals surface area contributed by atoms with Crippen LogP contribution in [0.5, 0.6) is 0 Å². The second kappa shape index (κ2) is 12.0. The summed E-state index contributed by atoms with van der Waals surface area (Å²) in [5, 5.41) is 0. The summed E-state index contributed by atoms with van der Waals surface area (Å²) < 4.78 is 6.04. The van der Waals surface area contributed by atoms with Gasteiger partial charge in [0, 0.05) is 5.75 Å². The number of thioether (sulfide) groups is 1. The van der Waals surface area contributed by atoms with Gasteiger partial charge in [-0.05, 0) is 24.1 Å².